The maximum atomic E-state index is 12.2. The van der Waals surface area contributed by atoms with Gasteiger partial charge in [0.05, 0.1) is 6.54 Å². The zero-order valence-electron chi connectivity index (χ0n) is 14.9. The highest BCUT2D eigenvalue weighted by molar-refractivity contribution is 5.96. The van der Waals surface area contributed by atoms with Crippen LogP contribution < -0.4 is 16.0 Å². The summed E-state index contributed by atoms with van der Waals surface area (Å²) in [6.45, 7) is 4.47. The molecule has 2 aromatic rings. The lowest BCUT2D eigenvalue weighted by atomic mass is 9.96. The van der Waals surface area contributed by atoms with Gasteiger partial charge in [-0.05, 0) is 35.7 Å². The molecular weight excluding hydrogens is 314 g/mol. The van der Waals surface area contributed by atoms with Gasteiger partial charge in [0.1, 0.15) is 0 Å². The van der Waals surface area contributed by atoms with Crippen molar-refractivity contribution in [2.75, 3.05) is 18.9 Å². The summed E-state index contributed by atoms with van der Waals surface area (Å²) in [4.78, 5) is 23.7. The number of benzene rings is 2. The van der Waals surface area contributed by atoms with Crippen LogP contribution in [0, 0.1) is 5.92 Å². The van der Waals surface area contributed by atoms with E-state index in [1.54, 1.807) is 31.3 Å². The molecule has 0 aliphatic heterocycles. The molecule has 0 bridgehead atoms. The van der Waals surface area contributed by atoms with Crippen molar-refractivity contribution in [3.63, 3.8) is 0 Å². The Labute approximate surface area is 148 Å². The van der Waals surface area contributed by atoms with E-state index in [0.717, 1.165) is 0 Å². The van der Waals surface area contributed by atoms with Crippen molar-refractivity contribution in [3.8, 4) is 0 Å². The SMILES string of the molecule is CNC(=O)c1ccc(NC(=O)CN[C@H](c2ccccc2)C(C)C)cc1. The Morgan fingerprint density at radius 2 is 1.60 bits per heavy atom. The van der Waals surface area contributed by atoms with Gasteiger partial charge in [0.2, 0.25) is 5.91 Å². The van der Waals surface area contributed by atoms with Gasteiger partial charge < -0.3 is 16.0 Å². The summed E-state index contributed by atoms with van der Waals surface area (Å²) in [6, 6.07) is 17.0. The second-order valence-electron chi connectivity index (χ2n) is 6.22. The summed E-state index contributed by atoms with van der Waals surface area (Å²) < 4.78 is 0. The average molecular weight is 339 g/mol. The topological polar surface area (TPSA) is 70.2 Å². The maximum absolute atomic E-state index is 12.2. The molecule has 2 rings (SSSR count). The number of anilines is 1. The smallest absolute Gasteiger partial charge is 0.251 e. The number of rotatable bonds is 7. The van der Waals surface area contributed by atoms with Gasteiger partial charge in [-0.1, -0.05) is 44.2 Å². The van der Waals surface area contributed by atoms with E-state index in [0.29, 0.717) is 17.2 Å². The first kappa shape index (κ1) is 18.7. The molecule has 2 amide bonds. The van der Waals surface area contributed by atoms with E-state index in [1.165, 1.54) is 5.56 Å². The summed E-state index contributed by atoms with van der Waals surface area (Å²) in [5.74, 6) is 0.0958. The minimum absolute atomic E-state index is 0.113. The number of nitrogens with one attached hydrogen (secondary N) is 3. The summed E-state index contributed by atoms with van der Waals surface area (Å²) >= 11 is 0. The standard InChI is InChI=1S/C20H25N3O2/c1-14(2)19(15-7-5-4-6-8-15)22-13-18(24)23-17-11-9-16(10-12-17)20(25)21-3/h4-12,14,19,22H,13H2,1-3H3,(H,21,25)(H,23,24)/t19-/m0/s1. The number of hydrogen-bond acceptors (Lipinski definition) is 3. The Morgan fingerprint density at radius 3 is 2.16 bits per heavy atom. The third kappa shape index (κ3) is 5.43. The summed E-state index contributed by atoms with van der Waals surface area (Å²) in [6.07, 6.45) is 0. The third-order valence-electron chi connectivity index (χ3n) is 3.97. The van der Waals surface area contributed by atoms with E-state index in [4.69, 9.17) is 0 Å². The van der Waals surface area contributed by atoms with E-state index in [1.807, 2.05) is 18.2 Å². The van der Waals surface area contributed by atoms with Crippen molar-refractivity contribution in [1.82, 2.24) is 10.6 Å². The highest BCUT2D eigenvalue weighted by Gasteiger charge is 2.16. The number of hydrogen-bond donors (Lipinski definition) is 3. The first-order chi connectivity index (χ1) is 12.0. The molecule has 132 valence electrons. The maximum Gasteiger partial charge on any atom is 0.251 e. The Morgan fingerprint density at radius 1 is 0.960 bits per heavy atom. The minimum Gasteiger partial charge on any atom is -0.355 e. The number of amides is 2. The van der Waals surface area contributed by atoms with E-state index in [2.05, 4.69) is 41.9 Å². The van der Waals surface area contributed by atoms with Gasteiger partial charge in [0.15, 0.2) is 0 Å². The van der Waals surface area contributed by atoms with Gasteiger partial charge >= 0.3 is 0 Å². The van der Waals surface area contributed by atoms with Crippen LogP contribution in [0.2, 0.25) is 0 Å². The molecule has 0 fully saturated rings. The lowest BCUT2D eigenvalue weighted by molar-refractivity contribution is -0.115. The lowest BCUT2D eigenvalue weighted by Gasteiger charge is -2.22. The third-order valence-corrected chi connectivity index (χ3v) is 3.97. The van der Waals surface area contributed by atoms with E-state index in [9.17, 15) is 9.59 Å². The molecule has 0 spiro atoms. The summed E-state index contributed by atoms with van der Waals surface area (Å²) in [5.41, 5.74) is 2.39. The van der Waals surface area contributed by atoms with E-state index in [-0.39, 0.29) is 24.4 Å². The molecule has 0 aromatic heterocycles. The van der Waals surface area contributed by atoms with Gasteiger partial charge in [0, 0.05) is 24.3 Å². The fraction of sp³-hybridized carbons (Fsp3) is 0.300. The molecule has 0 aliphatic carbocycles. The molecule has 1 atom stereocenters. The Bertz CT molecular complexity index is 697. The first-order valence-electron chi connectivity index (χ1n) is 8.41. The lowest BCUT2D eigenvalue weighted by Crippen LogP contribution is -2.33. The molecule has 3 N–H and O–H groups in total. The predicted octanol–water partition coefficient (Wildman–Crippen LogP) is 2.97. The molecule has 5 nitrogen and oxygen atoms in total. The van der Waals surface area contributed by atoms with Gasteiger partial charge in [-0.15, -0.1) is 0 Å². The zero-order valence-corrected chi connectivity index (χ0v) is 14.9. The Kier molecular flexibility index (Phi) is 6.71. The van der Waals surface area contributed by atoms with Crippen molar-refractivity contribution in [3.05, 3.63) is 65.7 Å². The highest BCUT2D eigenvalue weighted by Crippen LogP contribution is 2.21. The van der Waals surface area contributed by atoms with Crippen LogP contribution in [0.3, 0.4) is 0 Å². The molecule has 0 unspecified atom stereocenters. The number of carbonyl (C=O) groups excluding carboxylic acids is 2. The molecular formula is C20H25N3O2. The fourth-order valence-electron chi connectivity index (χ4n) is 2.66. The molecule has 0 saturated heterocycles. The van der Waals surface area contributed by atoms with Crippen LogP contribution in [0.1, 0.15) is 35.8 Å². The average Bonchev–Trinajstić information content (AvgIpc) is 2.62. The highest BCUT2D eigenvalue weighted by atomic mass is 16.2. The molecule has 0 radical (unpaired) electrons. The minimum atomic E-state index is -0.151. The van der Waals surface area contributed by atoms with Gasteiger partial charge in [-0.3, -0.25) is 9.59 Å². The van der Waals surface area contributed by atoms with Crippen LogP contribution in [0.4, 0.5) is 5.69 Å². The molecule has 2 aromatic carbocycles. The molecule has 5 heteroatoms. The van der Waals surface area contributed by atoms with Gasteiger partial charge in [-0.2, -0.15) is 0 Å². The van der Waals surface area contributed by atoms with Crippen LogP contribution in [0.25, 0.3) is 0 Å². The van der Waals surface area contributed by atoms with Crippen LogP contribution >= 0.6 is 0 Å². The van der Waals surface area contributed by atoms with Crippen LogP contribution in [-0.4, -0.2) is 25.4 Å². The monoisotopic (exact) mass is 339 g/mol. The van der Waals surface area contributed by atoms with Gasteiger partial charge in [-0.25, -0.2) is 0 Å². The van der Waals surface area contributed by atoms with Crippen LogP contribution in [0.15, 0.2) is 54.6 Å². The molecule has 0 saturated carbocycles. The normalized spacial score (nSPS) is 11.8. The van der Waals surface area contributed by atoms with Crippen molar-refractivity contribution in [2.45, 2.75) is 19.9 Å². The predicted molar refractivity (Wildman–Crippen MR) is 100 cm³/mol. The largest absolute Gasteiger partial charge is 0.355 e. The van der Waals surface area contributed by atoms with Crippen molar-refractivity contribution >= 4 is 17.5 Å². The second-order valence-corrected chi connectivity index (χ2v) is 6.22. The first-order valence-corrected chi connectivity index (χ1v) is 8.41. The van der Waals surface area contributed by atoms with Crippen molar-refractivity contribution in [2.24, 2.45) is 5.92 Å². The Hall–Kier alpha value is -2.66. The van der Waals surface area contributed by atoms with Crippen molar-refractivity contribution < 1.29 is 9.59 Å². The van der Waals surface area contributed by atoms with Gasteiger partial charge in [0.25, 0.3) is 5.91 Å². The quantitative estimate of drug-likeness (QED) is 0.726. The second kappa shape index (κ2) is 8.99. The number of carbonyl (C=O) groups is 2. The summed E-state index contributed by atoms with van der Waals surface area (Å²) in [7, 11) is 1.58. The molecule has 0 aliphatic rings. The van der Waals surface area contributed by atoms with Crippen LogP contribution in [0.5, 0.6) is 0 Å². The summed E-state index contributed by atoms with van der Waals surface area (Å²) in [5, 5.41) is 8.72. The van der Waals surface area contributed by atoms with Crippen molar-refractivity contribution in [1.29, 1.82) is 0 Å². The molecule has 0 heterocycles. The van der Waals surface area contributed by atoms with E-state index >= 15 is 0 Å². The molecule has 25 heavy (non-hydrogen) atoms. The Balaban J connectivity index is 1.92. The fourth-order valence-corrected chi connectivity index (χ4v) is 2.66. The van der Waals surface area contributed by atoms with Crippen LogP contribution in [-0.2, 0) is 4.79 Å². The zero-order chi connectivity index (χ0) is 18.2. The van der Waals surface area contributed by atoms with E-state index < -0.39 is 0 Å².